The quantitative estimate of drug-likeness (QED) is 0.0211. The van der Waals surface area contributed by atoms with E-state index < -0.39 is 24.3 Å². The molecule has 0 spiro atoms. The zero-order chi connectivity index (χ0) is 64.7. The Labute approximate surface area is 549 Å². The second-order valence-electron chi connectivity index (χ2n) is 25.9. The summed E-state index contributed by atoms with van der Waals surface area (Å²) in [6.07, 6.45) is 95.0. The van der Waals surface area contributed by atoms with Gasteiger partial charge in [-0.1, -0.05) is 335 Å². The van der Waals surface area contributed by atoms with Crippen LogP contribution in [-0.4, -0.2) is 87.4 Å². The Kier molecular flexibility index (Phi) is 66.7. The SMILES string of the molecule is CC/C=C\C/C=C\C/C=C\C/C=C\C/C=C\C/C=C\C/C=C\C/C=C\C/C=C\CCCCCCCCCCCCCCCC(=O)OC(COC(=O)CCCCCCCCCCCCCCCCCCCCCCCCC)COC(OCC[N+](C)(C)C)C(=O)O. The highest BCUT2D eigenvalue weighted by Crippen LogP contribution is 2.18. The number of hydrogen-bond acceptors (Lipinski definition) is 7. The third-order valence-corrected chi connectivity index (χ3v) is 16.0. The number of aliphatic carboxylic acids is 1. The van der Waals surface area contributed by atoms with E-state index in [9.17, 15) is 19.5 Å². The molecule has 0 amide bonds. The number of unbranched alkanes of at least 4 members (excludes halogenated alkanes) is 35. The third kappa shape index (κ3) is 71.3. The zero-order valence-electron chi connectivity index (χ0n) is 58.6. The molecule has 9 nitrogen and oxygen atoms in total. The van der Waals surface area contributed by atoms with Crippen LogP contribution in [0.3, 0.4) is 0 Å². The molecule has 9 heteroatoms. The molecule has 0 saturated heterocycles. The molecule has 0 heterocycles. The summed E-state index contributed by atoms with van der Waals surface area (Å²) >= 11 is 0. The predicted molar refractivity (Wildman–Crippen MR) is 382 cm³/mol. The van der Waals surface area contributed by atoms with Crippen LogP contribution < -0.4 is 0 Å². The largest absolute Gasteiger partial charge is 0.477 e. The molecule has 0 rings (SSSR count). The van der Waals surface area contributed by atoms with E-state index in [1.807, 2.05) is 21.1 Å². The number of rotatable bonds is 68. The molecule has 2 atom stereocenters. The lowest BCUT2D eigenvalue weighted by atomic mass is 10.0. The maximum atomic E-state index is 13.0. The van der Waals surface area contributed by atoms with E-state index in [0.717, 1.165) is 103 Å². The average Bonchev–Trinajstić information content (AvgIpc) is 3.64. The summed E-state index contributed by atoms with van der Waals surface area (Å²) < 4.78 is 23.0. The first kappa shape index (κ1) is 85.0. The van der Waals surface area contributed by atoms with Crippen LogP contribution in [0, 0.1) is 0 Å². The van der Waals surface area contributed by atoms with Gasteiger partial charge in [0.15, 0.2) is 6.10 Å². The molecule has 0 saturated carbocycles. The number of carboxylic acids is 1. The van der Waals surface area contributed by atoms with Gasteiger partial charge in [0.1, 0.15) is 13.2 Å². The van der Waals surface area contributed by atoms with E-state index in [0.29, 0.717) is 17.4 Å². The first-order chi connectivity index (χ1) is 43.6. The minimum absolute atomic E-state index is 0.182. The molecule has 0 aromatic carbocycles. The van der Waals surface area contributed by atoms with Crippen LogP contribution in [0.4, 0.5) is 0 Å². The minimum atomic E-state index is -1.51. The van der Waals surface area contributed by atoms with Crippen LogP contribution >= 0.6 is 0 Å². The van der Waals surface area contributed by atoms with Gasteiger partial charge in [-0.25, -0.2) is 4.79 Å². The fourth-order valence-electron chi connectivity index (χ4n) is 10.4. The molecule has 512 valence electrons. The Morgan fingerprint density at radius 2 is 0.640 bits per heavy atom. The number of quaternary nitrogens is 1. The van der Waals surface area contributed by atoms with Crippen LogP contribution in [0.1, 0.15) is 322 Å². The highest BCUT2D eigenvalue weighted by atomic mass is 16.7. The summed E-state index contributed by atoms with van der Waals surface area (Å²) in [4.78, 5) is 37.6. The van der Waals surface area contributed by atoms with E-state index in [4.69, 9.17) is 18.9 Å². The normalized spacial score (nSPS) is 13.3. The maximum absolute atomic E-state index is 13.0. The van der Waals surface area contributed by atoms with Crippen LogP contribution in [0.15, 0.2) is 109 Å². The fraction of sp³-hybridized carbons (Fsp3) is 0.738. The van der Waals surface area contributed by atoms with Gasteiger partial charge >= 0.3 is 17.9 Å². The predicted octanol–water partition coefficient (Wildman–Crippen LogP) is 23.4. The van der Waals surface area contributed by atoms with Crippen LogP contribution in [-0.2, 0) is 33.3 Å². The summed E-state index contributed by atoms with van der Waals surface area (Å²) in [6.45, 7) is 4.80. The standard InChI is InChI=1S/C80H139NO8/c1-6-8-10-12-14-16-18-20-22-24-26-28-30-31-32-33-34-35-36-37-38-39-40-41-42-43-44-45-46-47-49-51-53-55-57-59-61-63-65-67-69-71-78(83)89-76(75-88-80(79(84)85)86-73-72-81(3,4)5)74-87-77(82)70-68-66-64-62-60-58-56-54-52-50-48-29-27-25-23-21-19-17-15-13-11-9-7-2/h8,10,14,16,20,22,26,28,31-32,34-35,37-38,40-41,43-44,76,80H,6-7,9,11-13,15,17-19,21,23-25,27,29-30,33,36,39,42,45-75H2,1-5H3/p+1/b10-8-,16-14-,22-20-,28-26-,32-31-,35-34-,38-37-,41-40-,44-43-. The van der Waals surface area contributed by atoms with Crippen LogP contribution in [0.5, 0.6) is 0 Å². The van der Waals surface area contributed by atoms with Crippen molar-refractivity contribution in [2.45, 2.75) is 334 Å². The maximum Gasteiger partial charge on any atom is 0.361 e. The van der Waals surface area contributed by atoms with E-state index in [-0.39, 0.29) is 32.2 Å². The van der Waals surface area contributed by atoms with Crippen molar-refractivity contribution in [3.8, 4) is 0 Å². The highest BCUT2D eigenvalue weighted by molar-refractivity contribution is 5.71. The van der Waals surface area contributed by atoms with E-state index in [1.165, 1.54) is 193 Å². The molecule has 1 N–H and O–H groups in total. The van der Waals surface area contributed by atoms with Gasteiger partial charge in [0.2, 0.25) is 0 Å². The summed E-state index contributed by atoms with van der Waals surface area (Å²) in [6, 6.07) is 0. The van der Waals surface area contributed by atoms with Gasteiger partial charge in [0.05, 0.1) is 34.4 Å². The van der Waals surface area contributed by atoms with Crippen molar-refractivity contribution < 1.29 is 42.9 Å². The third-order valence-electron chi connectivity index (χ3n) is 16.0. The van der Waals surface area contributed by atoms with Gasteiger partial charge < -0.3 is 28.5 Å². The lowest BCUT2D eigenvalue weighted by molar-refractivity contribution is -0.870. The molecular weight excluding hydrogens is 1100 g/mol. The van der Waals surface area contributed by atoms with Crippen LogP contribution in [0.25, 0.3) is 0 Å². The first-order valence-electron chi connectivity index (χ1n) is 37.1. The summed E-state index contributed by atoms with van der Waals surface area (Å²) in [5.41, 5.74) is 0. The van der Waals surface area contributed by atoms with Gasteiger partial charge in [0, 0.05) is 12.8 Å². The topological polar surface area (TPSA) is 108 Å². The number of hydrogen-bond donors (Lipinski definition) is 1. The molecule has 0 radical (unpaired) electrons. The van der Waals surface area contributed by atoms with Gasteiger partial charge in [-0.05, 0) is 83.5 Å². The number of carbonyl (C=O) groups is 3. The van der Waals surface area contributed by atoms with Crippen molar-refractivity contribution in [3.63, 3.8) is 0 Å². The highest BCUT2D eigenvalue weighted by Gasteiger charge is 2.25. The van der Waals surface area contributed by atoms with Gasteiger partial charge in [-0.3, -0.25) is 9.59 Å². The smallest absolute Gasteiger partial charge is 0.361 e. The van der Waals surface area contributed by atoms with Gasteiger partial charge in [-0.15, -0.1) is 0 Å². The summed E-state index contributed by atoms with van der Waals surface area (Å²) in [5.74, 6) is -1.99. The Balaban J connectivity index is 4.07. The second kappa shape index (κ2) is 69.8. The molecule has 89 heavy (non-hydrogen) atoms. The van der Waals surface area contributed by atoms with E-state index in [1.54, 1.807) is 0 Å². The molecule has 0 aliphatic carbocycles. The lowest BCUT2D eigenvalue weighted by Crippen LogP contribution is -2.40. The van der Waals surface area contributed by atoms with Crippen molar-refractivity contribution in [1.29, 1.82) is 0 Å². The van der Waals surface area contributed by atoms with Crippen LogP contribution in [0.2, 0.25) is 0 Å². The molecule has 0 bridgehead atoms. The van der Waals surface area contributed by atoms with Gasteiger partial charge in [0.25, 0.3) is 6.29 Å². The second-order valence-corrected chi connectivity index (χ2v) is 25.9. The van der Waals surface area contributed by atoms with E-state index in [2.05, 4.69) is 123 Å². The van der Waals surface area contributed by atoms with Crippen molar-refractivity contribution in [2.75, 3.05) is 47.5 Å². The van der Waals surface area contributed by atoms with Gasteiger partial charge in [-0.2, -0.15) is 0 Å². The molecular formula is C80H140NO8+. The first-order valence-corrected chi connectivity index (χ1v) is 37.1. The number of carbonyl (C=O) groups excluding carboxylic acids is 2. The number of ether oxygens (including phenoxy) is 4. The number of likely N-dealkylation sites (N-methyl/N-ethyl adjacent to an activating group) is 1. The number of esters is 2. The Bertz CT molecular complexity index is 1830. The minimum Gasteiger partial charge on any atom is -0.477 e. The number of nitrogens with zero attached hydrogens (tertiary/aromatic N) is 1. The zero-order valence-corrected chi connectivity index (χ0v) is 58.6. The summed E-state index contributed by atoms with van der Waals surface area (Å²) in [5, 5.41) is 9.75. The number of carboxylic acid groups (broad SMARTS) is 1. The van der Waals surface area contributed by atoms with Crippen molar-refractivity contribution in [2.24, 2.45) is 0 Å². The summed E-state index contributed by atoms with van der Waals surface area (Å²) in [7, 11) is 5.98. The molecule has 0 fully saturated rings. The van der Waals surface area contributed by atoms with Crippen molar-refractivity contribution in [3.05, 3.63) is 109 Å². The lowest BCUT2D eigenvalue weighted by Gasteiger charge is -2.25. The average molecular weight is 1240 g/mol. The Morgan fingerprint density at radius 3 is 0.955 bits per heavy atom. The van der Waals surface area contributed by atoms with E-state index >= 15 is 0 Å². The Morgan fingerprint density at radius 1 is 0.348 bits per heavy atom. The van der Waals surface area contributed by atoms with Crippen molar-refractivity contribution in [1.82, 2.24) is 0 Å². The molecule has 0 aromatic heterocycles. The molecule has 0 aromatic rings. The fourth-order valence-corrected chi connectivity index (χ4v) is 10.4. The molecule has 2 unspecified atom stereocenters. The molecule has 0 aliphatic heterocycles. The monoisotopic (exact) mass is 1240 g/mol. The number of allylic oxidation sites excluding steroid dienone is 18. The van der Waals surface area contributed by atoms with Crippen molar-refractivity contribution >= 4 is 17.9 Å². The Hall–Kier alpha value is -4.05. The molecule has 0 aliphatic rings.